The molecule has 1 aromatic carbocycles. The van der Waals surface area contributed by atoms with Crippen LogP contribution in [-0.2, 0) is 12.7 Å². The third-order valence-corrected chi connectivity index (χ3v) is 2.82. The smallest absolute Gasteiger partial charge is 0.313 e. The predicted molar refractivity (Wildman–Crippen MR) is 75.5 cm³/mol. The predicted octanol–water partition coefficient (Wildman–Crippen LogP) is 3.57. The number of halogens is 3. The molecule has 0 aromatic heterocycles. The minimum absolute atomic E-state index is 0.0723. The Morgan fingerprint density at radius 3 is 2.25 bits per heavy atom. The molecule has 5 heteroatoms. The summed E-state index contributed by atoms with van der Waals surface area (Å²) in [6.07, 6.45) is -3.41. The number of rotatable bonds is 6. The highest BCUT2D eigenvalue weighted by Crippen LogP contribution is 2.31. The molecule has 1 rings (SSSR count). The van der Waals surface area contributed by atoms with E-state index in [1.807, 2.05) is 0 Å². The first-order chi connectivity index (χ1) is 9.20. The Morgan fingerprint density at radius 1 is 1.00 bits per heavy atom. The first-order valence-electron chi connectivity index (χ1n) is 6.81. The third kappa shape index (κ3) is 6.39. The molecule has 1 aromatic rings. The van der Waals surface area contributed by atoms with Crippen molar-refractivity contribution in [1.29, 1.82) is 0 Å². The van der Waals surface area contributed by atoms with Crippen LogP contribution in [0, 0.1) is 0 Å². The first kappa shape index (κ1) is 17.0. The van der Waals surface area contributed by atoms with Gasteiger partial charge in [-0.2, -0.15) is 13.2 Å². The maximum Gasteiger partial charge on any atom is 0.416 e. The van der Waals surface area contributed by atoms with Crippen LogP contribution in [0.4, 0.5) is 13.2 Å². The van der Waals surface area contributed by atoms with E-state index in [1.54, 1.807) is 6.07 Å². The van der Waals surface area contributed by atoms with Crippen molar-refractivity contribution in [2.45, 2.75) is 45.5 Å². The summed E-state index contributed by atoms with van der Waals surface area (Å²) in [5.41, 5.74) is -0.188. The minimum atomic E-state index is -4.29. The van der Waals surface area contributed by atoms with Crippen molar-refractivity contribution in [3.8, 4) is 0 Å². The van der Waals surface area contributed by atoms with Crippen LogP contribution in [0.2, 0.25) is 0 Å². The van der Waals surface area contributed by atoms with E-state index in [-0.39, 0.29) is 12.1 Å². The molecule has 0 fully saturated rings. The zero-order valence-electron chi connectivity index (χ0n) is 12.3. The van der Waals surface area contributed by atoms with Crippen LogP contribution in [0.1, 0.15) is 38.3 Å². The van der Waals surface area contributed by atoms with Crippen LogP contribution in [0.3, 0.4) is 0 Å². The molecule has 0 spiro atoms. The minimum Gasteiger partial charge on any atom is -0.313 e. The van der Waals surface area contributed by atoms with Crippen LogP contribution in [-0.4, -0.2) is 18.6 Å². The highest BCUT2D eigenvalue weighted by molar-refractivity contribution is 5.29. The zero-order chi connectivity index (χ0) is 15.2. The van der Waals surface area contributed by atoms with Gasteiger partial charge in [-0.05, 0) is 51.9 Å². The van der Waals surface area contributed by atoms with Gasteiger partial charge in [-0.25, -0.2) is 0 Å². The van der Waals surface area contributed by atoms with Crippen molar-refractivity contribution in [2.75, 3.05) is 13.1 Å². The molecule has 0 aliphatic rings. The molecular formula is C15H23F3N2. The molecular weight excluding hydrogens is 265 g/mol. The SMILES string of the molecule is CC(C)(C)NCCCNCc1ccccc1C(F)(F)F. The maximum absolute atomic E-state index is 12.8. The molecule has 0 atom stereocenters. The van der Waals surface area contributed by atoms with Gasteiger partial charge < -0.3 is 10.6 Å². The van der Waals surface area contributed by atoms with Gasteiger partial charge in [-0.15, -0.1) is 0 Å². The average molecular weight is 288 g/mol. The zero-order valence-corrected chi connectivity index (χ0v) is 12.3. The van der Waals surface area contributed by atoms with Crippen LogP contribution in [0.25, 0.3) is 0 Å². The molecule has 2 N–H and O–H groups in total. The summed E-state index contributed by atoms with van der Waals surface area (Å²) in [6, 6.07) is 5.69. The highest BCUT2D eigenvalue weighted by atomic mass is 19.4. The normalized spacial score (nSPS) is 12.7. The monoisotopic (exact) mass is 288 g/mol. The van der Waals surface area contributed by atoms with Crippen LogP contribution >= 0.6 is 0 Å². The summed E-state index contributed by atoms with van der Waals surface area (Å²) >= 11 is 0. The van der Waals surface area contributed by atoms with Crippen LogP contribution < -0.4 is 10.6 Å². The molecule has 0 amide bonds. The van der Waals surface area contributed by atoms with Gasteiger partial charge in [0.2, 0.25) is 0 Å². The molecule has 0 heterocycles. The number of hydrogen-bond donors (Lipinski definition) is 2. The molecule has 114 valence electrons. The summed E-state index contributed by atoms with van der Waals surface area (Å²) in [5.74, 6) is 0. The standard InChI is InChI=1S/C15H23F3N2/c1-14(2,3)20-10-6-9-19-11-12-7-4-5-8-13(12)15(16,17)18/h4-5,7-8,19-20H,6,9-11H2,1-3H3. The van der Waals surface area contributed by atoms with Gasteiger partial charge in [0.1, 0.15) is 0 Å². The summed E-state index contributed by atoms with van der Waals surface area (Å²) in [7, 11) is 0. The lowest BCUT2D eigenvalue weighted by atomic mass is 10.1. The van der Waals surface area contributed by atoms with Crippen LogP contribution in [0.15, 0.2) is 24.3 Å². The van der Waals surface area contributed by atoms with Gasteiger partial charge in [0.15, 0.2) is 0 Å². The Hall–Kier alpha value is -1.07. The van der Waals surface area contributed by atoms with E-state index in [1.165, 1.54) is 12.1 Å². The fourth-order valence-electron chi connectivity index (χ4n) is 1.85. The van der Waals surface area contributed by atoms with Crippen molar-refractivity contribution < 1.29 is 13.2 Å². The van der Waals surface area contributed by atoms with E-state index in [9.17, 15) is 13.2 Å². The molecule has 0 saturated carbocycles. The quantitative estimate of drug-likeness (QED) is 0.782. The fraction of sp³-hybridized carbons (Fsp3) is 0.600. The van der Waals surface area contributed by atoms with Gasteiger partial charge in [0.25, 0.3) is 0 Å². The van der Waals surface area contributed by atoms with Gasteiger partial charge >= 0.3 is 6.18 Å². The van der Waals surface area contributed by atoms with E-state index in [0.29, 0.717) is 12.1 Å². The van der Waals surface area contributed by atoms with Crippen molar-refractivity contribution in [3.63, 3.8) is 0 Å². The lowest BCUT2D eigenvalue weighted by Crippen LogP contribution is -2.37. The van der Waals surface area contributed by atoms with E-state index < -0.39 is 11.7 Å². The average Bonchev–Trinajstić information content (AvgIpc) is 2.31. The molecule has 0 unspecified atom stereocenters. The largest absolute Gasteiger partial charge is 0.416 e. The second kappa shape index (κ2) is 7.09. The van der Waals surface area contributed by atoms with E-state index >= 15 is 0 Å². The van der Waals surface area contributed by atoms with Crippen molar-refractivity contribution >= 4 is 0 Å². The molecule has 0 radical (unpaired) electrons. The van der Waals surface area contributed by atoms with Crippen LogP contribution in [0.5, 0.6) is 0 Å². The number of benzene rings is 1. The fourth-order valence-corrected chi connectivity index (χ4v) is 1.85. The lowest BCUT2D eigenvalue weighted by Gasteiger charge is -2.20. The third-order valence-electron chi connectivity index (χ3n) is 2.82. The molecule has 20 heavy (non-hydrogen) atoms. The lowest BCUT2D eigenvalue weighted by molar-refractivity contribution is -0.138. The van der Waals surface area contributed by atoms with Crippen molar-refractivity contribution in [1.82, 2.24) is 10.6 Å². The number of nitrogens with one attached hydrogen (secondary N) is 2. The summed E-state index contributed by atoms with van der Waals surface area (Å²) in [6.45, 7) is 8.03. The summed E-state index contributed by atoms with van der Waals surface area (Å²) < 4.78 is 38.3. The molecule has 0 aliphatic heterocycles. The topological polar surface area (TPSA) is 24.1 Å². The molecule has 2 nitrogen and oxygen atoms in total. The summed E-state index contributed by atoms with van der Waals surface area (Å²) in [4.78, 5) is 0. The van der Waals surface area contributed by atoms with Gasteiger partial charge in [-0.1, -0.05) is 18.2 Å². The Labute approximate surface area is 118 Å². The molecule has 0 bridgehead atoms. The van der Waals surface area contributed by atoms with Gasteiger partial charge in [-0.3, -0.25) is 0 Å². The number of alkyl halides is 3. The maximum atomic E-state index is 12.8. The molecule has 0 saturated heterocycles. The molecule has 0 aliphatic carbocycles. The Morgan fingerprint density at radius 2 is 1.65 bits per heavy atom. The second-order valence-electron chi connectivity index (χ2n) is 5.86. The Kier molecular flexibility index (Phi) is 6.02. The Bertz CT molecular complexity index is 408. The second-order valence-corrected chi connectivity index (χ2v) is 5.86. The van der Waals surface area contributed by atoms with Gasteiger partial charge in [0, 0.05) is 12.1 Å². The highest BCUT2D eigenvalue weighted by Gasteiger charge is 2.32. The van der Waals surface area contributed by atoms with E-state index in [2.05, 4.69) is 31.4 Å². The first-order valence-corrected chi connectivity index (χ1v) is 6.81. The van der Waals surface area contributed by atoms with Crippen molar-refractivity contribution in [2.24, 2.45) is 0 Å². The van der Waals surface area contributed by atoms with E-state index in [0.717, 1.165) is 19.0 Å². The van der Waals surface area contributed by atoms with Gasteiger partial charge in [0.05, 0.1) is 5.56 Å². The van der Waals surface area contributed by atoms with Crippen molar-refractivity contribution in [3.05, 3.63) is 35.4 Å². The number of hydrogen-bond acceptors (Lipinski definition) is 2. The summed E-state index contributed by atoms with van der Waals surface area (Å²) in [5, 5.41) is 6.40. The Balaban J connectivity index is 2.36. The van der Waals surface area contributed by atoms with E-state index in [4.69, 9.17) is 0 Å².